The van der Waals surface area contributed by atoms with Crippen molar-refractivity contribution in [3.05, 3.63) is 51.8 Å². The molecule has 0 aliphatic heterocycles. The van der Waals surface area contributed by atoms with Crippen LogP contribution < -0.4 is 5.32 Å². The third-order valence-electron chi connectivity index (χ3n) is 3.11. The molecule has 0 bridgehead atoms. The summed E-state index contributed by atoms with van der Waals surface area (Å²) in [6, 6.07) is 7.18. The van der Waals surface area contributed by atoms with Crippen molar-refractivity contribution >= 4 is 11.4 Å². The number of anilines is 1. The Hall–Kier alpha value is -2.37. The summed E-state index contributed by atoms with van der Waals surface area (Å²) in [5.74, 6) is 0.263. The zero-order valence-corrected chi connectivity index (χ0v) is 11.8. The number of nitrogens with one attached hydrogen (secondary N) is 1. The summed E-state index contributed by atoms with van der Waals surface area (Å²) in [7, 11) is 1.84. The lowest BCUT2D eigenvalue weighted by molar-refractivity contribution is -0.384. The minimum Gasteiger partial charge on any atom is -0.374 e. The number of hydrogen-bond acceptors (Lipinski definition) is 4. The smallest absolute Gasteiger partial charge is 0.292 e. The quantitative estimate of drug-likeness (QED) is 0.671. The number of nitro groups is 1. The minimum atomic E-state index is -0.355. The maximum absolute atomic E-state index is 11.2. The Morgan fingerprint density at radius 2 is 2.15 bits per heavy atom. The summed E-state index contributed by atoms with van der Waals surface area (Å²) in [5, 5.41) is 18.5. The summed E-state index contributed by atoms with van der Waals surface area (Å²) in [4.78, 5) is 10.8. The zero-order chi connectivity index (χ0) is 14.7. The first-order valence-corrected chi connectivity index (χ1v) is 6.48. The minimum absolute atomic E-state index is 0.104. The van der Waals surface area contributed by atoms with Crippen LogP contribution in [0.1, 0.15) is 31.0 Å². The van der Waals surface area contributed by atoms with Crippen molar-refractivity contribution < 1.29 is 4.92 Å². The van der Waals surface area contributed by atoms with Gasteiger partial charge in [-0.15, -0.1) is 0 Å². The van der Waals surface area contributed by atoms with Crippen LogP contribution in [0, 0.1) is 10.1 Å². The lowest BCUT2D eigenvalue weighted by Crippen LogP contribution is -2.04. The number of rotatable bonds is 5. The first-order valence-electron chi connectivity index (χ1n) is 6.48. The predicted octanol–water partition coefficient (Wildman–Crippen LogP) is 3.06. The molecule has 2 rings (SSSR count). The van der Waals surface area contributed by atoms with Gasteiger partial charge < -0.3 is 5.32 Å². The van der Waals surface area contributed by atoms with E-state index in [4.69, 9.17) is 0 Å². The van der Waals surface area contributed by atoms with Crippen molar-refractivity contribution in [3.63, 3.8) is 0 Å². The topological polar surface area (TPSA) is 73.0 Å². The van der Waals surface area contributed by atoms with Crippen LogP contribution in [0.25, 0.3) is 0 Å². The van der Waals surface area contributed by atoms with Crippen molar-refractivity contribution in [3.8, 4) is 0 Å². The first kappa shape index (κ1) is 14.0. The van der Waals surface area contributed by atoms with Gasteiger partial charge in [-0.25, -0.2) is 0 Å². The molecule has 0 aliphatic rings. The molecule has 2 aromatic rings. The highest BCUT2D eigenvalue weighted by molar-refractivity contribution is 5.62. The summed E-state index contributed by atoms with van der Waals surface area (Å²) in [6.07, 6.45) is 1.84. The first-order chi connectivity index (χ1) is 9.47. The Bertz CT molecular complexity index is 619. The van der Waals surface area contributed by atoms with Crippen molar-refractivity contribution in [1.82, 2.24) is 9.78 Å². The standard InChI is InChI=1S/C14H18N4O2/c1-10(2)11-4-5-13(14(8-11)18(19)20)15-9-12-6-7-17(3)16-12/h4-8,10,15H,9H2,1-3H3. The fourth-order valence-electron chi connectivity index (χ4n) is 1.95. The molecule has 6 heteroatoms. The molecule has 0 fully saturated rings. The van der Waals surface area contributed by atoms with Crippen LogP contribution in [0.2, 0.25) is 0 Å². The predicted molar refractivity (Wildman–Crippen MR) is 77.7 cm³/mol. The van der Waals surface area contributed by atoms with Crippen LogP contribution in [0.3, 0.4) is 0 Å². The van der Waals surface area contributed by atoms with Gasteiger partial charge in [0.1, 0.15) is 5.69 Å². The molecule has 0 unspecified atom stereocenters. The lowest BCUT2D eigenvalue weighted by Gasteiger charge is -2.09. The van der Waals surface area contributed by atoms with Crippen molar-refractivity contribution in [1.29, 1.82) is 0 Å². The molecule has 1 heterocycles. The molecule has 0 radical (unpaired) electrons. The summed E-state index contributed by atoms with van der Waals surface area (Å²) in [6.45, 7) is 4.49. The molecule has 0 spiro atoms. The average molecular weight is 274 g/mol. The van der Waals surface area contributed by atoms with E-state index in [1.165, 1.54) is 0 Å². The molecule has 0 aliphatic carbocycles. The van der Waals surface area contributed by atoms with Gasteiger partial charge in [0.15, 0.2) is 0 Å². The maximum Gasteiger partial charge on any atom is 0.292 e. The van der Waals surface area contributed by atoms with Crippen molar-refractivity contribution in [2.24, 2.45) is 7.05 Å². The molecule has 0 atom stereocenters. The molecule has 1 aromatic heterocycles. The number of hydrogen-bond donors (Lipinski definition) is 1. The Kier molecular flexibility index (Phi) is 4.02. The zero-order valence-electron chi connectivity index (χ0n) is 11.8. The Morgan fingerprint density at radius 1 is 1.40 bits per heavy atom. The molecule has 0 saturated carbocycles. The van der Waals surface area contributed by atoms with E-state index in [0.717, 1.165) is 11.3 Å². The van der Waals surface area contributed by atoms with Crippen LogP contribution in [0.5, 0.6) is 0 Å². The van der Waals surface area contributed by atoms with Gasteiger partial charge in [-0.05, 0) is 23.6 Å². The van der Waals surface area contributed by atoms with E-state index in [1.807, 2.05) is 39.2 Å². The summed E-state index contributed by atoms with van der Waals surface area (Å²) in [5.41, 5.74) is 2.42. The second kappa shape index (κ2) is 5.73. The van der Waals surface area contributed by atoms with Crippen molar-refractivity contribution in [2.75, 3.05) is 5.32 Å². The average Bonchev–Trinajstić information content (AvgIpc) is 2.81. The molecule has 1 aromatic carbocycles. The van der Waals surface area contributed by atoms with E-state index in [-0.39, 0.29) is 16.5 Å². The van der Waals surface area contributed by atoms with Crippen molar-refractivity contribution in [2.45, 2.75) is 26.3 Å². The van der Waals surface area contributed by atoms with E-state index in [0.29, 0.717) is 12.2 Å². The monoisotopic (exact) mass is 274 g/mol. The van der Waals surface area contributed by atoms with E-state index < -0.39 is 0 Å². The fraction of sp³-hybridized carbons (Fsp3) is 0.357. The molecular weight excluding hydrogens is 256 g/mol. The number of benzene rings is 1. The molecule has 106 valence electrons. The van der Waals surface area contributed by atoms with Crippen LogP contribution in [0.15, 0.2) is 30.5 Å². The highest BCUT2D eigenvalue weighted by atomic mass is 16.6. The van der Waals surface area contributed by atoms with E-state index in [9.17, 15) is 10.1 Å². The van der Waals surface area contributed by atoms with Gasteiger partial charge in [-0.2, -0.15) is 5.10 Å². The van der Waals surface area contributed by atoms with Crippen LogP contribution >= 0.6 is 0 Å². The second-order valence-corrected chi connectivity index (χ2v) is 5.02. The lowest BCUT2D eigenvalue weighted by atomic mass is 10.0. The molecule has 6 nitrogen and oxygen atoms in total. The summed E-state index contributed by atoms with van der Waals surface area (Å²) < 4.78 is 1.70. The molecular formula is C14H18N4O2. The van der Waals surface area contributed by atoms with Crippen LogP contribution in [-0.4, -0.2) is 14.7 Å². The van der Waals surface area contributed by atoms with E-state index >= 15 is 0 Å². The maximum atomic E-state index is 11.2. The molecule has 0 amide bonds. The molecule has 20 heavy (non-hydrogen) atoms. The van der Waals surface area contributed by atoms with Gasteiger partial charge >= 0.3 is 0 Å². The number of aryl methyl sites for hydroxylation is 1. The third kappa shape index (κ3) is 3.14. The number of nitro benzene ring substituents is 1. The number of nitrogens with zero attached hydrogens (tertiary/aromatic N) is 3. The largest absolute Gasteiger partial charge is 0.374 e. The second-order valence-electron chi connectivity index (χ2n) is 5.02. The third-order valence-corrected chi connectivity index (χ3v) is 3.11. The van der Waals surface area contributed by atoms with E-state index in [1.54, 1.807) is 16.8 Å². The number of aromatic nitrogens is 2. The van der Waals surface area contributed by atoms with Gasteiger partial charge in [-0.1, -0.05) is 19.9 Å². The van der Waals surface area contributed by atoms with Gasteiger partial charge in [-0.3, -0.25) is 14.8 Å². The Labute approximate surface area is 117 Å². The Balaban J connectivity index is 2.20. The van der Waals surface area contributed by atoms with Gasteiger partial charge in [0.05, 0.1) is 17.2 Å². The molecule has 0 saturated heterocycles. The highest BCUT2D eigenvalue weighted by Crippen LogP contribution is 2.28. The Morgan fingerprint density at radius 3 is 2.70 bits per heavy atom. The van der Waals surface area contributed by atoms with Gasteiger partial charge in [0, 0.05) is 19.3 Å². The SMILES string of the molecule is CC(C)c1ccc(NCc2ccn(C)n2)c([N+](=O)[O-])c1. The van der Waals surface area contributed by atoms with Gasteiger partial charge in [0.25, 0.3) is 5.69 Å². The highest BCUT2D eigenvalue weighted by Gasteiger charge is 2.15. The van der Waals surface area contributed by atoms with E-state index in [2.05, 4.69) is 10.4 Å². The van der Waals surface area contributed by atoms with Crippen LogP contribution in [-0.2, 0) is 13.6 Å². The fourth-order valence-corrected chi connectivity index (χ4v) is 1.95. The molecule has 1 N–H and O–H groups in total. The summed E-state index contributed by atoms with van der Waals surface area (Å²) >= 11 is 0. The van der Waals surface area contributed by atoms with Crippen LogP contribution in [0.4, 0.5) is 11.4 Å². The normalized spacial score (nSPS) is 10.8. The van der Waals surface area contributed by atoms with Gasteiger partial charge in [0.2, 0.25) is 0 Å².